The van der Waals surface area contributed by atoms with Gasteiger partial charge in [0.15, 0.2) is 0 Å². The minimum absolute atomic E-state index is 0.245. The number of nitrogens with zero attached hydrogens (tertiary/aromatic N) is 2. The highest BCUT2D eigenvalue weighted by molar-refractivity contribution is 5.93. The lowest BCUT2D eigenvalue weighted by molar-refractivity contribution is 0.628. The quantitative estimate of drug-likeness (QED) is 0.581. The van der Waals surface area contributed by atoms with Crippen LogP contribution in [0.5, 0.6) is 0 Å². The van der Waals surface area contributed by atoms with Crippen molar-refractivity contribution < 1.29 is 4.39 Å². The first-order valence-corrected chi connectivity index (χ1v) is 7.61. The molecule has 0 aliphatic carbocycles. The van der Waals surface area contributed by atoms with Gasteiger partial charge >= 0.3 is 0 Å². The average molecular weight is 315 g/mol. The molecular formula is C20H14FN3. The van der Waals surface area contributed by atoms with Crippen LogP contribution >= 0.6 is 0 Å². The summed E-state index contributed by atoms with van der Waals surface area (Å²) in [7, 11) is 0. The van der Waals surface area contributed by atoms with Crippen molar-refractivity contribution >= 4 is 0 Å². The summed E-state index contributed by atoms with van der Waals surface area (Å²) >= 11 is 0. The van der Waals surface area contributed by atoms with Crippen LogP contribution in [0.15, 0.2) is 79.5 Å². The second-order valence-electron chi connectivity index (χ2n) is 5.43. The minimum atomic E-state index is -0.245. The molecular weight excluding hydrogens is 301 g/mol. The van der Waals surface area contributed by atoms with Gasteiger partial charge in [-0.1, -0.05) is 0 Å². The summed E-state index contributed by atoms with van der Waals surface area (Å²) in [5, 5.41) is 0. The van der Waals surface area contributed by atoms with E-state index in [-0.39, 0.29) is 5.82 Å². The van der Waals surface area contributed by atoms with Gasteiger partial charge in [-0.25, -0.2) is 4.39 Å². The van der Waals surface area contributed by atoms with Gasteiger partial charge in [0.05, 0.1) is 5.69 Å². The number of benzene rings is 1. The van der Waals surface area contributed by atoms with Crippen LogP contribution in [0.1, 0.15) is 0 Å². The van der Waals surface area contributed by atoms with Gasteiger partial charge in [0.1, 0.15) is 5.82 Å². The Morgan fingerprint density at radius 3 is 1.88 bits per heavy atom. The maximum Gasteiger partial charge on any atom is 0.123 e. The second kappa shape index (κ2) is 6.08. The van der Waals surface area contributed by atoms with Gasteiger partial charge in [-0.2, -0.15) is 0 Å². The van der Waals surface area contributed by atoms with Gasteiger partial charge in [0.25, 0.3) is 0 Å². The van der Waals surface area contributed by atoms with Crippen molar-refractivity contribution in [1.82, 2.24) is 15.0 Å². The summed E-state index contributed by atoms with van der Waals surface area (Å²) in [6, 6.07) is 14.4. The fourth-order valence-electron chi connectivity index (χ4n) is 2.85. The highest BCUT2D eigenvalue weighted by atomic mass is 19.1. The van der Waals surface area contributed by atoms with E-state index in [0.717, 1.165) is 33.5 Å². The summed E-state index contributed by atoms with van der Waals surface area (Å²) in [6.45, 7) is 0. The van der Waals surface area contributed by atoms with Crippen LogP contribution < -0.4 is 0 Å². The van der Waals surface area contributed by atoms with Crippen LogP contribution in [0.3, 0.4) is 0 Å². The fraction of sp³-hybridized carbons (Fsp3) is 0. The average Bonchev–Trinajstić information content (AvgIpc) is 3.09. The van der Waals surface area contributed by atoms with Gasteiger partial charge in [0, 0.05) is 42.1 Å². The molecule has 4 heteroatoms. The van der Waals surface area contributed by atoms with Crippen LogP contribution in [0, 0.1) is 5.82 Å². The number of H-pyrrole nitrogens is 1. The lowest BCUT2D eigenvalue weighted by Crippen LogP contribution is -1.86. The molecule has 4 rings (SSSR count). The van der Waals surface area contributed by atoms with E-state index in [0.29, 0.717) is 0 Å². The van der Waals surface area contributed by atoms with Crippen molar-refractivity contribution in [1.29, 1.82) is 0 Å². The number of hydrogen-bond donors (Lipinski definition) is 1. The Morgan fingerprint density at radius 1 is 0.667 bits per heavy atom. The molecule has 1 N–H and O–H groups in total. The SMILES string of the molecule is Fc1ccc(-c2[nH]cc(-c3ccncc3)c2-c2ccncc2)cc1. The normalized spacial score (nSPS) is 10.7. The number of rotatable bonds is 3. The van der Waals surface area contributed by atoms with Crippen molar-refractivity contribution in [3.8, 4) is 33.5 Å². The zero-order chi connectivity index (χ0) is 16.4. The van der Waals surface area contributed by atoms with E-state index in [4.69, 9.17) is 0 Å². The highest BCUT2D eigenvalue weighted by Gasteiger charge is 2.16. The maximum atomic E-state index is 13.3. The lowest BCUT2D eigenvalue weighted by Gasteiger charge is -2.08. The molecule has 0 aliphatic heterocycles. The van der Waals surface area contributed by atoms with E-state index in [1.165, 1.54) is 12.1 Å². The Labute approximate surface area is 138 Å². The Morgan fingerprint density at radius 2 is 1.25 bits per heavy atom. The molecule has 0 unspecified atom stereocenters. The predicted molar refractivity (Wildman–Crippen MR) is 92.6 cm³/mol. The molecule has 4 aromatic rings. The largest absolute Gasteiger partial charge is 0.360 e. The van der Waals surface area contributed by atoms with E-state index in [1.54, 1.807) is 36.9 Å². The summed E-state index contributed by atoms with van der Waals surface area (Å²) in [5.41, 5.74) is 6.15. The van der Waals surface area contributed by atoms with Crippen LogP contribution in [0.4, 0.5) is 4.39 Å². The molecule has 0 aliphatic rings. The van der Waals surface area contributed by atoms with Gasteiger partial charge in [0.2, 0.25) is 0 Å². The Balaban J connectivity index is 1.95. The van der Waals surface area contributed by atoms with E-state index >= 15 is 0 Å². The van der Waals surface area contributed by atoms with Crippen LogP contribution in [0.25, 0.3) is 33.5 Å². The first-order valence-electron chi connectivity index (χ1n) is 7.61. The molecule has 116 valence electrons. The topological polar surface area (TPSA) is 41.6 Å². The third kappa shape index (κ3) is 2.58. The lowest BCUT2D eigenvalue weighted by atomic mass is 9.95. The van der Waals surface area contributed by atoms with Crippen molar-refractivity contribution in [3.63, 3.8) is 0 Å². The monoisotopic (exact) mass is 315 g/mol. The van der Waals surface area contributed by atoms with Crippen molar-refractivity contribution in [3.05, 3.63) is 85.3 Å². The number of halogens is 1. The molecule has 0 spiro atoms. The molecule has 0 bridgehead atoms. The molecule has 0 saturated heterocycles. The van der Waals surface area contributed by atoms with Crippen LogP contribution in [-0.2, 0) is 0 Å². The zero-order valence-electron chi connectivity index (χ0n) is 12.8. The minimum Gasteiger partial charge on any atom is -0.360 e. The number of hydrogen-bond acceptors (Lipinski definition) is 2. The zero-order valence-corrected chi connectivity index (χ0v) is 12.8. The van der Waals surface area contributed by atoms with Crippen LogP contribution in [-0.4, -0.2) is 15.0 Å². The van der Waals surface area contributed by atoms with E-state index < -0.39 is 0 Å². The molecule has 0 fully saturated rings. The summed E-state index contributed by atoms with van der Waals surface area (Å²) in [4.78, 5) is 11.5. The Bertz CT molecular complexity index is 945. The molecule has 0 atom stereocenters. The Hall–Kier alpha value is -3.27. The van der Waals surface area contributed by atoms with E-state index in [9.17, 15) is 4.39 Å². The second-order valence-corrected chi connectivity index (χ2v) is 5.43. The van der Waals surface area contributed by atoms with Crippen LogP contribution in [0.2, 0.25) is 0 Å². The standard InChI is InChI=1S/C20H14FN3/c21-17-3-1-16(2-4-17)20-19(15-7-11-23-12-8-15)18(13-24-20)14-5-9-22-10-6-14/h1-13,24H. The predicted octanol–water partition coefficient (Wildman–Crippen LogP) is 4.94. The molecule has 3 aromatic heterocycles. The van der Waals surface area contributed by atoms with E-state index in [1.807, 2.05) is 30.5 Å². The number of nitrogens with one attached hydrogen (secondary N) is 1. The smallest absolute Gasteiger partial charge is 0.123 e. The van der Waals surface area contributed by atoms with Gasteiger partial charge in [-0.05, 0) is 65.2 Å². The summed E-state index contributed by atoms with van der Waals surface area (Å²) in [5.74, 6) is -0.245. The number of pyridine rings is 2. The first kappa shape index (κ1) is 14.3. The highest BCUT2D eigenvalue weighted by Crippen LogP contribution is 2.39. The Kier molecular flexibility index (Phi) is 3.63. The third-order valence-corrected chi connectivity index (χ3v) is 3.97. The summed E-state index contributed by atoms with van der Waals surface area (Å²) in [6.07, 6.45) is 9.07. The maximum absolute atomic E-state index is 13.3. The molecule has 1 aromatic carbocycles. The molecule has 0 radical (unpaired) electrons. The van der Waals surface area contributed by atoms with Crippen molar-refractivity contribution in [2.75, 3.05) is 0 Å². The number of aromatic amines is 1. The fourth-order valence-corrected chi connectivity index (χ4v) is 2.85. The van der Waals surface area contributed by atoms with Gasteiger partial charge < -0.3 is 4.98 Å². The summed E-state index contributed by atoms with van der Waals surface area (Å²) < 4.78 is 13.3. The van der Waals surface area contributed by atoms with Crippen molar-refractivity contribution in [2.24, 2.45) is 0 Å². The first-order chi connectivity index (χ1) is 11.8. The van der Waals surface area contributed by atoms with Crippen molar-refractivity contribution in [2.45, 2.75) is 0 Å². The molecule has 3 heterocycles. The van der Waals surface area contributed by atoms with Gasteiger partial charge in [-0.15, -0.1) is 0 Å². The van der Waals surface area contributed by atoms with E-state index in [2.05, 4.69) is 15.0 Å². The molecule has 0 amide bonds. The third-order valence-electron chi connectivity index (χ3n) is 3.97. The molecule has 24 heavy (non-hydrogen) atoms. The van der Waals surface area contributed by atoms with Gasteiger partial charge in [-0.3, -0.25) is 9.97 Å². The molecule has 0 saturated carbocycles. The number of aromatic nitrogens is 3. The molecule has 3 nitrogen and oxygen atoms in total.